The molecule has 0 aliphatic carbocycles. The smallest absolute Gasteiger partial charge is 0.127 e. The van der Waals surface area contributed by atoms with Crippen molar-refractivity contribution in [3.8, 4) is 5.75 Å². The fourth-order valence-corrected chi connectivity index (χ4v) is 3.45. The minimum absolute atomic E-state index is 0.0716. The normalized spacial score (nSPS) is 24.2. The quantitative estimate of drug-likeness (QED) is 0.913. The molecule has 1 fully saturated rings. The standard InChI is InChI=1S/C15H21BrN2O2/c1-10(17)14-9-18(3-5-19-14)8-12-7-13(16)6-11-2-4-20-15(11)12/h6-7,10,14H,2-5,8-9,17H2,1H3. The number of rotatable bonds is 3. The zero-order valence-corrected chi connectivity index (χ0v) is 13.4. The van der Waals surface area contributed by atoms with Crippen molar-refractivity contribution in [2.24, 2.45) is 5.73 Å². The molecule has 0 radical (unpaired) electrons. The number of nitrogens with zero attached hydrogens (tertiary/aromatic N) is 1. The van der Waals surface area contributed by atoms with Crippen LogP contribution in [0.2, 0.25) is 0 Å². The SMILES string of the molecule is CC(N)C1CN(Cc2cc(Br)cc3c2OCC3)CCO1. The van der Waals surface area contributed by atoms with E-state index in [1.54, 1.807) is 0 Å². The van der Waals surface area contributed by atoms with Crippen molar-refractivity contribution < 1.29 is 9.47 Å². The molecule has 4 nitrogen and oxygen atoms in total. The van der Waals surface area contributed by atoms with E-state index in [1.807, 2.05) is 6.92 Å². The molecule has 110 valence electrons. The largest absolute Gasteiger partial charge is 0.493 e. The van der Waals surface area contributed by atoms with E-state index in [4.69, 9.17) is 15.2 Å². The molecular formula is C15H21BrN2O2. The molecule has 2 aliphatic heterocycles. The van der Waals surface area contributed by atoms with Crippen LogP contribution in [-0.4, -0.2) is 43.3 Å². The predicted molar refractivity (Wildman–Crippen MR) is 82.0 cm³/mol. The predicted octanol–water partition coefficient (Wildman–Crippen LogP) is 1.93. The van der Waals surface area contributed by atoms with Crippen LogP contribution < -0.4 is 10.5 Å². The average Bonchev–Trinajstić information content (AvgIpc) is 2.87. The monoisotopic (exact) mass is 340 g/mol. The summed E-state index contributed by atoms with van der Waals surface area (Å²) in [5.41, 5.74) is 8.53. The van der Waals surface area contributed by atoms with Gasteiger partial charge in [0.05, 0.1) is 19.3 Å². The molecule has 5 heteroatoms. The highest BCUT2D eigenvalue weighted by atomic mass is 79.9. The summed E-state index contributed by atoms with van der Waals surface area (Å²) in [5, 5.41) is 0. The molecule has 0 amide bonds. The zero-order chi connectivity index (χ0) is 14.1. The topological polar surface area (TPSA) is 47.7 Å². The van der Waals surface area contributed by atoms with Crippen LogP contribution in [0, 0.1) is 0 Å². The molecule has 2 unspecified atom stereocenters. The van der Waals surface area contributed by atoms with Crippen LogP contribution in [0.5, 0.6) is 5.75 Å². The van der Waals surface area contributed by atoms with Gasteiger partial charge < -0.3 is 15.2 Å². The summed E-state index contributed by atoms with van der Waals surface area (Å²) >= 11 is 3.60. The number of nitrogens with two attached hydrogens (primary N) is 1. The Bertz CT molecular complexity index is 493. The molecule has 0 bridgehead atoms. The van der Waals surface area contributed by atoms with Crippen LogP contribution in [0.25, 0.3) is 0 Å². The number of benzene rings is 1. The molecule has 0 aromatic heterocycles. The van der Waals surface area contributed by atoms with Crippen LogP contribution >= 0.6 is 15.9 Å². The second kappa shape index (κ2) is 6.02. The van der Waals surface area contributed by atoms with Gasteiger partial charge in [0.1, 0.15) is 5.75 Å². The third kappa shape index (κ3) is 3.01. The van der Waals surface area contributed by atoms with Gasteiger partial charge in [0.25, 0.3) is 0 Å². The Kier molecular flexibility index (Phi) is 4.31. The summed E-state index contributed by atoms with van der Waals surface area (Å²) < 4.78 is 12.6. The Hall–Kier alpha value is -0.620. The maximum atomic E-state index is 5.95. The van der Waals surface area contributed by atoms with Crippen LogP contribution in [0.4, 0.5) is 0 Å². The van der Waals surface area contributed by atoms with Crippen LogP contribution in [0.15, 0.2) is 16.6 Å². The summed E-state index contributed by atoms with van der Waals surface area (Å²) in [4.78, 5) is 2.40. The van der Waals surface area contributed by atoms with E-state index >= 15 is 0 Å². The number of morpholine rings is 1. The van der Waals surface area contributed by atoms with Gasteiger partial charge in [-0.3, -0.25) is 4.90 Å². The van der Waals surface area contributed by atoms with Gasteiger partial charge in [-0.25, -0.2) is 0 Å². The summed E-state index contributed by atoms with van der Waals surface area (Å²) in [5.74, 6) is 1.08. The minimum Gasteiger partial charge on any atom is -0.493 e. The summed E-state index contributed by atoms with van der Waals surface area (Å²) in [6, 6.07) is 4.40. The summed E-state index contributed by atoms with van der Waals surface area (Å²) in [6.07, 6.45) is 1.14. The van der Waals surface area contributed by atoms with Gasteiger partial charge in [0, 0.05) is 42.1 Å². The van der Waals surface area contributed by atoms with Gasteiger partial charge in [-0.2, -0.15) is 0 Å². The third-order valence-corrected chi connectivity index (χ3v) is 4.44. The van der Waals surface area contributed by atoms with Crippen LogP contribution in [0.3, 0.4) is 0 Å². The molecule has 2 N–H and O–H groups in total. The fourth-order valence-electron chi connectivity index (χ4n) is 2.90. The molecule has 0 spiro atoms. The highest BCUT2D eigenvalue weighted by Gasteiger charge is 2.25. The minimum atomic E-state index is 0.0716. The van der Waals surface area contributed by atoms with Crippen molar-refractivity contribution in [2.75, 3.05) is 26.3 Å². The molecule has 1 saturated heterocycles. The number of hydrogen-bond donors (Lipinski definition) is 1. The van der Waals surface area contributed by atoms with Crippen molar-refractivity contribution >= 4 is 15.9 Å². The Balaban J connectivity index is 1.75. The highest BCUT2D eigenvalue weighted by Crippen LogP contribution is 2.34. The van der Waals surface area contributed by atoms with Crippen LogP contribution in [0.1, 0.15) is 18.1 Å². The first kappa shape index (κ1) is 14.3. The van der Waals surface area contributed by atoms with Gasteiger partial charge in [-0.05, 0) is 24.6 Å². The molecule has 2 atom stereocenters. The van der Waals surface area contributed by atoms with Gasteiger partial charge in [-0.1, -0.05) is 15.9 Å². The lowest BCUT2D eigenvalue weighted by Crippen LogP contribution is -2.49. The van der Waals surface area contributed by atoms with Gasteiger partial charge in [0.2, 0.25) is 0 Å². The number of ether oxygens (including phenoxy) is 2. The van der Waals surface area contributed by atoms with E-state index < -0.39 is 0 Å². The van der Waals surface area contributed by atoms with E-state index in [2.05, 4.69) is 33.0 Å². The Labute approximate surface area is 128 Å². The van der Waals surface area contributed by atoms with Crippen molar-refractivity contribution in [1.29, 1.82) is 0 Å². The Morgan fingerprint density at radius 3 is 3.10 bits per heavy atom. The fraction of sp³-hybridized carbons (Fsp3) is 0.600. The molecule has 2 heterocycles. The van der Waals surface area contributed by atoms with E-state index in [0.29, 0.717) is 0 Å². The lowest BCUT2D eigenvalue weighted by atomic mass is 10.1. The second-order valence-corrected chi connectivity index (χ2v) is 6.57. The summed E-state index contributed by atoms with van der Waals surface area (Å²) in [6.45, 7) is 6.29. The molecular weight excluding hydrogens is 320 g/mol. The van der Waals surface area contributed by atoms with Gasteiger partial charge in [-0.15, -0.1) is 0 Å². The second-order valence-electron chi connectivity index (χ2n) is 5.66. The lowest BCUT2D eigenvalue weighted by Gasteiger charge is -2.35. The molecule has 1 aromatic carbocycles. The first-order valence-electron chi connectivity index (χ1n) is 7.17. The molecule has 0 saturated carbocycles. The molecule has 1 aromatic rings. The Morgan fingerprint density at radius 1 is 1.45 bits per heavy atom. The van der Waals surface area contributed by atoms with Gasteiger partial charge >= 0.3 is 0 Å². The third-order valence-electron chi connectivity index (χ3n) is 3.98. The lowest BCUT2D eigenvalue weighted by molar-refractivity contribution is -0.0405. The molecule has 3 rings (SSSR count). The van der Waals surface area contributed by atoms with Gasteiger partial charge in [0.15, 0.2) is 0 Å². The average molecular weight is 341 g/mol. The van der Waals surface area contributed by atoms with E-state index in [-0.39, 0.29) is 12.1 Å². The van der Waals surface area contributed by atoms with E-state index in [0.717, 1.165) is 49.5 Å². The number of halogens is 1. The Morgan fingerprint density at radius 2 is 2.30 bits per heavy atom. The molecule has 20 heavy (non-hydrogen) atoms. The molecule has 2 aliphatic rings. The van der Waals surface area contributed by atoms with Crippen molar-refractivity contribution in [3.63, 3.8) is 0 Å². The highest BCUT2D eigenvalue weighted by molar-refractivity contribution is 9.10. The number of fused-ring (bicyclic) bond motifs is 1. The maximum Gasteiger partial charge on any atom is 0.127 e. The van der Waals surface area contributed by atoms with Crippen molar-refractivity contribution in [3.05, 3.63) is 27.7 Å². The maximum absolute atomic E-state index is 5.95. The van der Waals surface area contributed by atoms with Crippen molar-refractivity contribution in [1.82, 2.24) is 4.90 Å². The number of hydrogen-bond acceptors (Lipinski definition) is 4. The van der Waals surface area contributed by atoms with Crippen molar-refractivity contribution in [2.45, 2.75) is 32.0 Å². The zero-order valence-electron chi connectivity index (χ0n) is 11.8. The van der Waals surface area contributed by atoms with E-state index in [1.165, 1.54) is 11.1 Å². The summed E-state index contributed by atoms with van der Waals surface area (Å²) in [7, 11) is 0. The van der Waals surface area contributed by atoms with Crippen LogP contribution in [-0.2, 0) is 17.7 Å². The first-order chi connectivity index (χ1) is 9.63. The first-order valence-corrected chi connectivity index (χ1v) is 7.96. The van der Waals surface area contributed by atoms with E-state index in [9.17, 15) is 0 Å².